The summed E-state index contributed by atoms with van der Waals surface area (Å²) in [6.45, 7) is 0. The van der Waals surface area contributed by atoms with E-state index in [-0.39, 0.29) is 0 Å². The van der Waals surface area contributed by atoms with Crippen molar-refractivity contribution in [1.29, 1.82) is 0 Å². The standard InChI is InChI=1S/C71H49N/c1-5-21-50(22-6-1)56-46-57(51-23-7-2-8-24-51)48-58(47-56)52-39-41-61(42-40-52)72(70-38-18-16-34-65(70)55-28-19-27-54(45-55)64-36-20-26-53-25-13-14-33-63(53)64)62-43-44-67-66-35-15-17-37-68(66)71(69(67)49-62,59-29-9-3-10-30-59)60-31-11-4-12-32-60/h1-49H. The van der Waals surface area contributed by atoms with Crippen LogP contribution in [0.4, 0.5) is 17.1 Å². The SMILES string of the molecule is c1ccc(-c2cc(-c3ccccc3)cc(-c3ccc(N(c4ccc5c(c4)C(c4ccccc4)(c4ccccc4)c4ccccc4-5)c4ccccc4-c4cccc(-c5cccc6ccccc56)c4)cc3)c2)cc1. The van der Waals surface area contributed by atoms with Crippen LogP contribution in [0.2, 0.25) is 0 Å². The summed E-state index contributed by atoms with van der Waals surface area (Å²) in [5.41, 5.74) is 22.1. The van der Waals surface area contributed by atoms with Gasteiger partial charge in [-0.1, -0.05) is 243 Å². The van der Waals surface area contributed by atoms with Gasteiger partial charge in [0, 0.05) is 16.9 Å². The summed E-state index contributed by atoms with van der Waals surface area (Å²) in [6, 6.07) is 109. The highest BCUT2D eigenvalue weighted by Crippen LogP contribution is 2.57. The molecule has 0 bridgehead atoms. The molecule has 12 aromatic rings. The quantitative estimate of drug-likeness (QED) is 0.132. The van der Waals surface area contributed by atoms with Gasteiger partial charge in [0.1, 0.15) is 0 Å². The molecule has 12 aromatic carbocycles. The Kier molecular flexibility index (Phi) is 10.8. The van der Waals surface area contributed by atoms with Gasteiger partial charge in [-0.2, -0.15) is 0 Å². The molecule has 1 heteroatoms. The third-order valence-corrected chi connectivity index (χ3v) is 14.7. The van der Waals surface area contributed by atoms with Crippen molar-refractivity contribution in [2.24, 2.45) is 0 Å². The fraction of sp³-hybridized carbons (Fsp3) is 0.0141. The number of para-hydroxylation sites is 1. The van der Waals surface area contributed by atoms with Gasteiger partial charge in [0.2, 0.25) is 0 Å². The number of nitrogens with zero attached hydrogens (tertiary/aromatic N) is 1. The highest BCUT2D eigenvalue weighted by molar-refractivity contribution is 5.98. The monoisotopic (exact) mass is 915 g/mol. The third kappa shape index (κ3) is 7.42. The van der Waals surface area contributed by atoms with Crippen LogP contribution in [0.5, 0.6) is 0 Å². The number of hydrogen-bond donors (Lipinski definition) is 0. The second-order valence-corrected chi connectivity index (χ2v) is 18.8. The topological polar surface area (TPSA) is 3.24 Å². The predicted molar refractivity (Wildman–Crippen MR) is 303 cm³/mol. The molecule has 0 atom stereocenters. The smallest absolute Gasteiger partial charge is 0.0714 e. The molecule has 0 fully saturated rings. The fourth-order valence-electron chi connectivity index (χ4n) is 11.4. The first kappa shape index (κ1) is 42.8. The molecule has 0 spiro atoms. The molecule has 0 aliphatic heterocycles. The Morgan fingerprint density at radius 1 is 0.236 bits per heavy atom. The van der Waals surface area contributed by atoms with Gasteiger partial charge in [0.15, 0.2) is 0 Å². The molecule has 0 radical (unpaired) electrons. The van der Waals surface area contributed by atoms with Crippen molar-refractivity contribution < 1.29 is 0 Å². The van der Waals surface area contributed by atoms with E-state index in [1.165, 1.54) is 83.1 Å². The van der Waals surface area contributed by atoms with E-state index in [1.807, 2.05) is 0 Å². The van der Waals surface area contributed by atoms with Crippen molar-refractivity contribution in [3.8, 4) is 66.8 Å². The minimum atomic E-state index is -0.549. The van der Waals surface area contributed by atoms with Crippen molar-refractivity contribution in [1.82, 2.24) is 0 Å². The van der Waals surface area contributed by atoms with Gasteiger partial charge in [-0.05, 0) is 149 Å². The van der Waals surface area contributed by atoms with Gasteiger partial charge >= 0.3 is 0 Å². The first-order valence-corrected chi connectivity index (χ1v) is 24.9. The molecule has 72 heavy (non-hydrogen) atoms. The van der Waals surface area contributed by atoms with Gasteiger partial charge in [0.25, 0.3) is 0 Å². The van der Waals surface area contributed by atoms with E-state index in [4.69, 9.17) is 0 Å². The van der Waals surface area contributed by atoms with Crippen LogP contribution in [-0.4, -0.2) is 0 Å². The average Bonchev–Trinajstić information content (AvgIpc) is 3.76. The first-order chi connectivity index (χ1) is 35.7. The predicted octanol–water partition coefficient (Wildman–Crippen LogP) is 19.0. The van der Waals surface area contributed by atoms with Crippen molar-refractivity contribution >= 4 is 27.8 Å². The van der Waals surface area contributed by atoms with E-state index < -0.39 is 5.41 Å². The lowest BCUT2D eigenvalue weighted by atomic mass is 9.67. The summed E-state index contributed by atoms with van der Waals surface area (Å²) in [7, 11) is 0. The molecule has 0 unspecified atom stereocenters. The molecule has 338 valence electrons. The van der Waals surface area contributed by atoms with E-state index in [0.29, 0.717) is 0 Å². The molecule has 1 nitrogen and oxygen atoms in total. The van der Waals surface area contributed by atoms with E-state index in [2.05, 4.69) is 302 Å². The van der Waals surface area contributed by atoms with Crippen LogP contribution >= 0.6 is 0 Å². The average molecular weight is 916 g/mol. The minimum absolute atomic E-state index is 0.549. The Morgan fingerprint density at radius 2 is 0.667 bits per heavy atom. The molecule has 0 heterocycles. The summed E-state index contributed by atoms with van der Waals surface area (Å²) in [6.07, 6.45) is 0. The largest absolute Gasteiger partial charge is 0.310 e. The van der Waals surface area contributed by atoms with Crippen LogP contribution in [0.25, 0.3) is 77.5 Å². The maximum absolute atomic E-state index is 2.48. The number of hydrogen-bond acceptors (Lipinski definition) is 1. The zero-order valence-corrected chi connectivity index (χ0v) is 39.7. The lowest BCUT2D eigenvalue weighted by molar-refractivity contribution is 0.768. The number of benzene rings is 12. The molecule has 0 saturated carbocycles. The normalized spacial score (nSPS) is 12.3. The van der Waals surface area contributed by atoms with Crippen LogP contribution in [0.3, 0.4) is 0 Å². The number of rotatable bonds is 10. The molecule has 0 aromatic heterocycles. The van der Waals surface area contributed by atoms with Gasteiger partial charge in [-0.15, -0.1) is 0 Å². The zero-order valence-electron chi connectivity index (χ0n) is 39.7. The number of anilines is 3. The molecule has 0 N–H and O–H groups in total. The molecular weight excluding hydrogens is 867 g/mol. The van der Waals surface area contributed by atoms with Gasteiger partial charge in [0.05, 0.1) is 11.1 Å². The van der Waals surface area contributed by atoms with E-state index in [9.17, 15) is 0 Å². The fourth-order valence-corrected chi connectivity index (χ4v) is 11.4. The van der Waals surface area contributed by atoms with Crippen molar-refractivity contribution in [2.45, 2.75) is 5.41 Å². The summed E-state index contributed by atoms with van der Waals surface area (Å²) in [4.78, 5) is 2.48. The zero-order chi connectivity index (χ0) is 47.8. The Hall–Kier alpha value is -9.30. The second kappa shape index (κ2) is 18.2. The summed E-state index contributed by atoms with van der Waals surface area (Å²) >= 11 is 0. The molecule has 0 amide bonds. The Bertz CT molecular complexity index is 3790. The van der Waals surface area contributed by atoms with Crippen LogP contribution in [-0.2, 0) is 5.41 Å². The van der Waals surface area contributed by atoms with E-state index >= 15 is 0 Å². The molecule has 1 aliphatic rings. The van der Waals surface area contributed by atoms with Gasteiger partial charge in [-0.25, -0.2) is 0 Å². The van der Waals surface area contributed by atoms with Crippen LogP contribution in [0, 0.1) is 0 Å². The summed E-state index contributed by atoms with van der Waals surface area (Å²) < 4.78 is 0. The second-order valence-electron chi connectivity index (χ2n) is 18.8. The molecule has 0 saturated heterocycles. The minimum Gasteiger partial charge on any atom is -0.310 e. The van der Waals surface area contributed by atoms with Crippen molar-refractivity contribution in [3.05, 3.63) is 320 Å². The molecular formula is C71H49N. The Balaban J connectivity index is 1.01. The third-order valence-electron chi connectivity index (χ3n) is 14.7. The van der Waals surface area contributed by atoms with Crippen molar-refractivity contribution in [3.63, 3.8) is 0 Å². The van der Waals surface area contributed by atoms with E-state index in [1.54, 1.807) is 0 Å². The van der Waals surface area contributed by atoms with Crippen LogP contribution < -0.4 is 4.90 Å². The lowest BCUT2D eigenvalue weighted by Crippen LogP contribution is -2.28. The van der Waals surface area contributed by atoms with Gasteiger partial charge < -0.3 is 4.90 Å². The van der Waals surface area contributed by atoms with Crippen molar-refractivity contribution in [2.75, 3.05) is 4.90 Å². The highest BCUT2D eigenvalue weighted by atomic mass is 15.1. The maximum Gasteiger partial charge on any atom is 0.0714 e. The first-order valence-electron chi connectivity index (χ1n) is 24.9. The highest BCUT2D eigenvalue weighted by Gasteiger charge is 2.46. The summed E-state index contributed by atoms with van der Waals surface area (Å²) in [5.74, 6) is 0. The van der Waals surface area contributed by atoms with Crippen LogP contribution in [0.15, 0.2) is 297 Å². The Labute approximate surface area is 422 Å². The van der Waals surface area contributed by atoms with Gasteiger partial charge in [-0.3, -0.25) is 0 Å². The number of fused-ring (bicyclic) bond motifs is 4. The molecule has 1 aliphatic carbocycles. The summed E-state index contributed by atoms with van der Waals surface area (Å²) in [5, 5.41) is 2.48. The van der Waals surface area contributed by atoms with E-state index in [0.717, 1.165) is 33.8 Å². The lowest BCUT2D eigenvalue weighted by Gasteiger charge is -2.35. The van der Waals surface area contributed by atoms with Crippen LogP contribution in [0.1, 0.15) is 22.3 Å². The Morgan fingerprint density at radius 3 is 1.32 bits per heavy atom. The molecule has 13 rings (SSSR count). The maximum atomic E-state index is 2.48.